The van der Waals surface area contributed by atoms with Gasteiger partial charge in [-0.15, -0.1) is 11.3 Å². The van der Waals surface area contributed by atoms with Gasteiger partial charge >= 0.3 is 0 Å². The number of anilines is 2. The molecular weight excluding hydrogens is 448 g/mol. The number of aryl methyl sites for hydroxylation is 2. The van der Waals surface area contributed by atoms with E-state index < -0.39 is 0 Å². The normalized spacial score (nSPS) is 23.5. The first-order chi connectivity index (χ1) is 16.6. The van der Waals surface area contributed by atoms with Gasteiger partial charge in [0.1, 0.15) is 10.9 Å². The van der Waals surface area contributed by atoms with E-state index in [1.165, 1.54) is 29.7 Å². The maximum absolute atomic E-state index is 6.62. The summed E-state index contributed by atoms with van der Waals surface area (Å²) < 4.78 is 14.2. The fraction of sp³-hybridized carbons (Fsp3) is 0.640. The van der Waals surface area contributed by atoms with Crippen molar-refractivity contribution in [2.24, 2.45) is 0 Å². The van der Waals surface area contributed by atoms with Gasteiger partial charge in [-0.2, -0.15) is 10.1 Å². The van der Waals surface area contributed by atoms with E-state index in [2.05, 4.69) is 35.6 Å². The molecule has 3 aliphatic rings. The number of rotatable bonds is 6. The number of hydrogen-bond donors (Lipinski definition) is 1. The molecule has 4 heterocycles. The highest BCUT2D eigenvalue weighted by Gasteiger charge is 2.28. The van der Waals surface area contributed by atoms with Crippen molar-refractivity contribution in [3.05, 3.63) is 22.8 Å². The van der Waals surface area contributed by atoms with E-state index in [0.29, 0.717) is 18.0 Å². The summed E-state index contributed by atoms with van der Waals surface area (Å²) in [4.78, 5) is 14.6. The van der Waals surface area contributed by atoms with Gasteiger partial charge in [0, 0.05) is 30.3 Å². The van der Waals surface area contributed by atoms with Crippen LogP contribution in [0.15, 0.2) is 12.4 Å². The lowest BCUT2D eigenvalue weighted by Gasteiger charge is -2.32. The molecule has 3 aromatic rings. The smallest absolute Gasteiger partial charge is 0.232 e. The van der Waals surface area contributed by atoms with Crippen molar-refractivity contribution in [2.45, 2.75) is 76.0 Å². The molecule has 34 heavy (non-hydrogen) atoms. The zero-order chi connectivity index (χ0) is 23.1. The van der Waals surface area contributed by atoms with Crippen molar-refractivity contribution in [2.75, 3.05) is 32.6 Å². The third kappa shape index (κ3) is 4.41. The van der Waals surface area contributed by atoms with E-state index in [1.807, 2.05) is 22.2 Å². The first-order valence-corrected chi connectivity index (χ1v) is 13.5. The van der Waals surface area contributed by atoms with Crippen LogP contribution in [0.4, 0.5) is 11.6 Å². The number of nitrogens with one attached hydrogen (secondary N) is 1. The highest BCUT2D eigenvalue weighted by molar-refractivity contribution is 7.19. The van der Waals surface area contributed by atoms with Crippen molar-refractivity contribution in [1.82, 2.24) is 24.6 Å². The summed E-state index contributed by atoms with van der Waals surface area (Å²) in [6, 6.07) is 1.05. The van der Waals surface area contributed by atoms with Gasteiger partial charge in [0.25, 0.3) is 0 Å². The van der Waals surface area contributed by atoms with Crippen LogP contribution in [0, 0.1) is 0 Å². The molecular formula is C25H34N6O2S. The molecule has 1 saturated carbocycles. The largest absolute Gasteiger partial charge is 0.474 e. The maximum atomic E-state index is 6.62. The molecule has 2 aliphatic carbocycles. The molecule has 0 unspecified atom stereocenters. The lowest BCUT2D eigenvalue weighted by atomic mass is 9.92. The van der Waals surface area contributed by atoms with Crippen LogP contribution in [0.2, 0.25) is 0 Å². The monoisotopic (exact) mass is 482 g/mol. The Hall–Kier alpha value is -2.23. The van der Waals surface area contributed by atoms with Crippen molar-refractivity contribution in [3.8, 4) is 5.88 Å². The Morgan fingerprint density at radius 3 is 2.71 bits per heavy atom. The van der Waals surface area contributed by atoms with E-state index in [-0.39, 0.29) is 6.10 Å². The fourth-order valence-electron chi connectivity index (χ4n) is 5.62. The number of fused-ring (bicyclic) bond motifs is 3. The molecule has 1 saturated heterocycles. The molecule has 182 valence electrons. The number of nitrogens with zero attached hydrogens (tertiary/aromatic N) is 5. The van der Waals surface area contributed by atoms with Crippen molar-refractivity contribution in [1.29, 1.82) is 0 Å². The summed E-state index contributed by atoms with van der Waals surface area (Å²) >= 11 is 1.81. The maximum Gasteiger partial charge on any atom is 0.232 e. The predicted molar refractivity (Wildman–Crippen MR) is 134 cm³/mol. The fourth-order valence-corrected chi connectivity index (χ4v) is 6.87. The third-order valence-corrected chi connectivity index (χ3v) is 8.79. The Morgan fingerprint density at radius 1 is 1.09 bits per heavy atom. The van der Waals surface area contributed by atoms with Crippen molar-refractivity contribution >= 4 is 33.2 Å². The second kappa shape index (κ2) is 9.43. The molecule has 3 aromatic heterocycles. The van der Waals surface area contributed by atoms with Crippen LogP contribution in [-0.4, -0.2) is 64.1 Å². The van der Waals surface area contributed by atoms with Gasteiger partial charge in [0.05, 0.1) is 23.3 Å². The first-order valence-electron chi connectivity index (χ1n) is 12.7. The van der Waals surface area contributed by atoms with E-state index in [9.17, 15) is 0 Å². The topological polar surface area (TPSA) is 77.3 Å². The summed E-state index contributed by atoms with van der Waals surface area (Å²) in [5, 5.41) is 9.14. The van der Waals surface area contributed by atoms with Gasteiger partial charge in [-0.05, 0) is 77.4 Å². The molecule has 0 spiro atoms. The minimum atomic E-state index is 0.218. The van der Waals surface area contributed by atoms with Crippen LogP contribution in [0.5, 0.6) is 5.88 Å². The zero-order valence-corrected chi connectivity index (χ0v) is 20.9. The summed E-state index contributed by atoms with van der Waals surface area (Å²) in [5.41, 5.74) is 2.32. The predicted octanol–water partition coefficient (Wildman–Crippen LogP) is 4.72. The van der Waals surface area contributed by atoms with E-state index in [4.69, 9.17) is 19.4 Å². The van der Waals surface area contributed by atoms with Gasteiger partial charge < -0.3 is 19.7 Å². The second-order valence-electron chi connectivity index (χ2n) is 10.1. The SMILES string of the molecule is CN(C)C1CCC(Oc2nc(Nc3cnn(C4CCOCC4)c3)nc3sc4c(c23)CCC4)CC1. The summed E-state index contributed by atoms with van der Waals surface area (Å²) in [5.74, 6) is 1.35. The highest BCUT2D eigenvalue weighted by atomic mass is 32.1. The summed E-state index contributed by atoms with van der Waals surface area (Å²) in [7, 11) is 4.35. The quantitative estimate of drug-likeness (QED) is 0.545. The standard InChI is InChI=1S/C25H34N6O2S/c1-30(2)17-6-8-19(9-7-17)33-23-22-20-4-3-5-21(20)34-24(22)29-25(28-23)27-16-14-26-31(15-16)18-10-12-32-13-11-18/h14-15,17-19H,3-13H2,1-2H3,(H,27,28,29). The Kier molecular flexibility index (Phi) is 6.17. The van der Waals surface area contributed by atoms with Crippen LogP contribution in [0.25, 0.3) is 10.2 Å². The molecule has 0 aromatic carbocycles. The molecule has 0 bridgehead atoms. The Labute approximate surface area is 204 Å². The van der Waals surface area contributed by atoms with Crippen LogP contribution >= 0.6 is 11.3 Å². The second-order valence-corrected chi connectivity index (χ2v) is 11.2. The zero-order valence-electron chi connectivity index (χ0n) is 20.1. The van der Waals surface area contributed by atoms with E-state index in [1.54, 1.807) is 0 Å². The van der Waals surface area contributed by atoms with E-state index >= 15 is 0 Å². The van der Waals surface area contributed by atoms with Gasteiger partial charge in [0.15, 0.2) is 0 Å². The third-order valence-electron chi connectivity index (χ3n) is 7.61. The first kappa shape index (κ1) is 22.2. The average Bonchev–Trinajstić information content (AvgIpc) is 3.56. The number of thiophene rings is 1. The van der Waals surface area contributed by atoms with Crippen LogP contribution in [0.3, 0.4) is 0 Å². The minimum Gasteiger partial charge on any atom is -0.474 e. The molecule has 0 amide bonds. The lowest BCUT2D eigenvalue weighted by molar-refractivity contribution is 0.0662. The van der Waals surface area contributed by atoms with Gasteiger partial charge in [-0.25, -0.2) is 4.98 Å². The number of hydrogen-bond acceptors (Lipinski definition) is 8. The molecule has 2 fully saturated rings. The van der Waals surface area contributed by atoms with Crippen LogP contribution < -0.4 is 10.1 Å². The summed E-state index contributed by atoms with van der Waals surface area (Å²) in [6.45, 7) is 1.60. The van der Waals surface area contributed by atoms with Crippen molar-refractivity contribution in [3.63, 3.8) is 0 Å². The number of aromatic nitrogens is 4. The molecule has 1 aliphatic heterocycles. The molecule has 1 N–H and O–H groups in total. The van der Waals surface area contributed by atoms with Crippen LogP contribution in [0.1, 0.15) is 61.4 Å². The molecule has 9 heteroatoms. The lowest BCUT2D eigenvalue weighted by Crippen LogP contribution is -2.35. The molecule has 6 rings (SSSR count). The van der Waals surface area contributed by atoms with E-state index in [0.717, 1.165) is 73.5 Å². The average molecular weight is 483 g/mol. The molecule has 8 nitrogen and oxygen atoms in total. The Balaban J connectivity index is 1.25. The summed E-state index contributed by atoms with van der Waals surface area (Å²) in [6.07, 6.45) is 14.1. The number of ether oxygens (including phenoxy) is 2. The van der Waals surface area contributed by atoms with Gasteiger partial charge in [-0.1, -0.05) is 0 Å². The molecule has 0 radical (unpaired) electrons. The molecule has 0 atom stereocenters. The minimum absolute atomic E-state index is 0.218. The van der Waals surface area contributed by atoms with Crippen molar-refractivity contribution < 1.29 is 9.47 Å². The highest BCUT2D eigenvalue weighted by Crippen LogP contribution is 2.42. The van der Waals surface area contributed by atoms with Crippen LogP contribution in [-0.2, 0) is 17.6 Å². The van der Waals surface area contributed by atoms with Gasteiger partial charge in [-0.3, -0.25) is 4.68 Å². The Bertz CT molecular complexity index is 1140. The van der Waals surface area contributed by atoms with Gasteiger partial charge in [0.2, 0.25) is 11.8 Å². The Morgan fingerprint density at radius 2 is 1.91 bits per heavy atom.